The standard InChI is InChI=1S/C16H24FNO/c1-18(2)16-12-7-11-15(17)10-6-9-14(16)8-4-5-13-19-3/h5-6,9-10,12-14H,4,7-8,11H2,1-3H3/b9-6?,13-5+,15-10+,16-12?. The highest BCUT2D eigenvalue weighted by atomic mass is 19.1. The second-order valence-electron chi connectivity index (χ2n) is 4.85. The summed E-state index contributed by atoms with van der Waals surface area (Å²) in [6.07, 6.45) is 14.5. The van der Waals surface area contributed by atoms with Crippen LogP contribution in [0.15, 0.2) is 48.2 Å². The fourth-order valence-corrected chi connectivity index (χ4v) is 2.18. The van der Waals surface area contributed by atoms with Gasteiger partial charge in [0.25, 0.3) is 0 Å². The summed E-state index contributed by atoms with van der Waals surface area (Å²) in [6.45, 7) is 0. The first-order valence-electron chi connectivity index (χ1n) is 6.73. The van der Waals surface area contributed by atoms with E-state index in [2.05, 4.69) is 17.1 Å². The average Bonchev–Trinajstić information content (AvgIpc) is 2.45. The van der Waals surface area contributed by atoms with E-state index in [0.717, 1.165) is 19.3 Å². The minimum Gasteiger partial charge on any atom is -0.505 e. The second-order valence-corrected chi connectivity index (χ2v) is 4.85. The topological polar surface area (TPSA) is 12.5 Å². The predicted octanol–water partition coefficient (Wildman–Crippen LogP) is 4.19. The van der Waals surface area contributed by atoms with Crippen LogP contribution in [0.1, 0.15) is 25.7 Å². The van der Waals surface area contributed by atoms with E-state index in [9.17, 15) is 4.39 Å². The van der Waals surface area contributed by atoms with E-state index in [-0.39, 0.29) is 5.83 Å². The summed E-state index contributed by atoms with van der Waals surface area (Å²) in [5.74, 6) is 0.268. The lowest BCUT2D eigenvalue weighted by Gasteiger charge is -2.24. The number of methoxy groups -OCH3 is 1. The maximum absolute atomic E-state index is 13.4. The first kappa shape index (κ1) is 15.5. The smallest absolute Gasteiger partial charge is 0.100 e. The summed E-state index contributed by atoms with van der Waals surface area (Å²) in [4.78, 5) is 2.12. The minimum absolute atomic E-state index is 0.0504. The van der Waals surface area contributed by atoms with Crippen LogP contribution >= 0.6 is 0 Å². The molecule has 0 bridgehead atoms. The van der Waals surface area contributed by atoms with Gasteiger partial charge in [-0.3, -0.25) is 0 Å². The molecule has 3 heteroatoms. The number of hydrogen-bond acceptors (Lipinski definition) is 2. The molecule has 0 N–H and O–H groups in total. The van der Waals surface area contributed by atoms with Crippen molar-refractivity contribution in [3.8, 4) is 0 Å². The molecule has 19 heavy (non-hydrogen) atoms. The molecule has 106 valence electrons. The van der Waals surface area contributed by atoms with Crippen molar-refractivity contribution in [3.63, 3.8) is 0 Å². The number of rotatable bonds is 5. The molecule has 0 aromatic rings. The van der Waals surface area contributed by atoms with Crippen molar-refractivity contribution < 1.29 is 9.13 Å². The van der Waals surface area contributed by atoms with Gasteiger partial charge in [-0.15, -0.1) is 0 Å². The first-order valence-corrected chi connectivity index (χ1v) is 6.73. The molecule has 1 rings (SSSR count). The molecule has 0 heterocycles. The lowest BCUT2D eigenvalue weighted by molar-refractivity contribution is 0.335. The molecule has 0 aliphatic heterocycles. The van der Waals surface area contributed by atoms with Crippen molar-refractivity contribution in [3.05, 3.63) is 48.2 Å². The number of allylic oxidation sites excluding steroid dienone is 6. The van der Waals surface area contributed by atoms with Gasteiger partial charge in [0, 0.05) is 32.1 Å². The van der Waals surface area contributed by atoms with Gasteiger partial charge in [0.15, 0.2) is 0 Å². The highest BCUT2D eigenvalue weighted by Gasteiger charge is 2.13. The van der Waals surface area contributed by atoms with Crippen LogP contribution in [0, 0.1) is 5.92 Å². The zero-order chi connectivity index (χ0) is 14.1. The summed E-state index contributed by atoms with van der Waals surface area (Å²) >= 11 is 0. The SMILES string of the molecule is CO/C=C/CCC1C=C/C=C(/F)CCC=C1N(C)C. The van der Waals surface area contributed by atoms with Gasteiger partial charge in [-0.1, -0.05) is 18.2 Å². The predicted molar refractivity (Wildman–Crippen MR) is 78.2 cm³/mol. The Balaban J connectivity index is 2.78. The van der Waals surface area contributed by atoms with Crippen molar-refractivity contribution in [2.24, 2.45) is 5.92 Å². The zero-order valence-electron chi connectivity index (χ0n) is 12.1. The molecule has 0 saturated carbocycles. The van der Waals surface area contributed by atoms with Crippen molar-refractivity contribution in [1.82, 2.24) is 4.90 Å². The largest absolute Gasteiger partial charge is 0.505 e. The molecule has 1 atom stereocenters. The molecule has 2 nitrogen and oxygen atoms in total. The van der Waals surface area contributed by atoms with Crippen LogP contribution in [0.4, 0.5) is 4.39 Å². The average molecular weight is 265 g/mol. The lowest BCUT2D eigenvalue weighted by atomic mass is 9.97. The van der Waals surface area contributed by atoms with Gasteiger partial charge in [-0.25, -0.2) is 4.39 Å². The van der Waals surface area contributed by atoms with Gasteiger partial charge in [-0.2, -0.15) is 0 Å². The Morgan fingerprint density at radius 1 is 1.47 bits per heavy atom. The van der Waals surface area contributed by atoms with E-state index in [0.29, 0.717) is 12.3 Å². The summed E-state index contributed by atoms with van der Waals surface area (Å²) in [5.41, 5.74) is 1.25. The summed E-state index contributed by atoms with van der Waals surface area (Å²) in [5, 5.41) is 0. The molecule has 0 radical (unpaired) electrons. The normalized spacial score (nSPS) is 23.1. The van der Waals surface area contributed by atoms with E-state index in [1.54, 1.807) is 19.4 Å². The van der Waals surface area contributed by atoms with Gasteiger partial charge in [-0.05, 0) is 31.4 Å². The molecular formula is C16H24FNO. The molecule has 0 spiro atoms. The van der Waals surface area contributed by atoms with E-state index in [1.807, 2.05) is 26.2 Å². The third kappa shape index (κ3) is 5.77. The first-order chi connectivity index (χ1) is 9.15. The molecule has 0 amide bonds. The maximum Gasteiger partial charge on any atom is 0.100 e. The Kier molecular flexibility index (Phi) is 7.01. The third-order valence-electron chi connectivity index (χ3n) is 3.13. The zero-order valence-corrected chi connectivity index (χ0v) is 12.1. The second kappa shape index (κ2) is 8.57. The Morgan fingerprint density at radius 3 is 2.95 bits per heavy atom. The van der Waals surface area contributed by atoms with Crippen LogP contribution in [0.25, 0.3) is 0 Å². The van der Waals surface area contributed by atoms with Crippen LogP contribution in [0.5, 0.6) is 0 Å². The maximum atomic E-state index is 13.4. The fraction of sp³-hybridized carbons (Fsp3) is 0.500. The van der Waals surface area contributed by atoms with Crippen molar-refractivity contribution in [2.75, 3.05) is 21.2 Å². The number of halogens is 1. The third-order valence-corrected chi connectivity index (χ3v) is 3.13. The van der Waals surface area contributed by atoms with Crippen LogP contribution in [0.3, 0.4) is 0 Å². The molecule has 0 saturated heterocycles. The van der Waals surface area contributed by atoms with E-state index in [4.69, 9.17) is 4.74 Å². The lowest BCUT2D eigenvalue weighted by Crippen LogP contribution is -2.18. The van der Waals surface area contributed by atoms with Crippen LogP contribution in [0.2, 0.25) is 0 Å². The Labute approximate surface area is 115 Å². The summed E-state index contributed by atoms with van der Waals surface area (Å²) in [7, 11) is 5.73. The Bertz CT molecular complexity index is 380. The van der Waals surface area contributed by atoms with Crippen LogP contribution < -0.4 is 0 Å². The quantitative estimate of drug-likeness (QED) is 0.691. The Morgan fingerprint density at radius 2 is 2.26 bits per heavy atom. The molecule has 0 fully saturated rings. The highest BCUT2D eigenvalue weighted by molar-refractivity contribution is 5.19. The minimum atomic E-state index is -0.0504. The molecule has 1 unspecified atom stereocenters. The van der Waals surface area contributed by atoms with E-state index >= 15 is 0 Å². The van der Waals surface area contributed by atoms with Gasteiger partial charge in [0.05, 0.1) is 13.4 Å². The van der Waals surface area contributed by atoms with Crippen LogP contribution in [-0.2, 0) is 4.74 Å². The van der Waals surface area contributed by atoms with Gasteiger partial charge in [0.2, 0.25) is 0 Å². The van der Waals surface area contributed by atoms with Crippen molar-refractivity contribution in [2.45, 2.75) is 25.7 Å². The molecular weight excluding hydrogens is 241 g/mol. The summed E-state index contributed by atoms with van der Waals surface area (Å²) < 4.78 is 18.3. The number of nitrogens with zero attached hydrogens (tertiary/aromatic N) is 1. The van der Waals surface area contributed by atoms with E-state index < -0.39 is 0 Å². The van der Waals surface area contributed by atoms with Gasteiger partial charge >= 0.3 is 0 Å². The van der Waals surface area contributed by atoms with Crippen molar-refractivity contribution in [1.29, 1.82) is 0 Å². The fourth-order valence-electron chi connectivity index (χ4n) is 2.18. The number of ether oxygens (including phenoxy) is 1. The van der Waals surface area contributed by atoms with Gasteiger partial charge < -0.3 is 9.64 Å². The monoisotopic (exact) mass is 265 g/mol. The number of hydrogen-bond donors (Lipinski definition) is 0. The summed E-state index contributed by atoms with van der Waals surface area (Å²) in [6, 6.07) is 0. The Hall–Kier alpha value is -1.51. The van der Waals surface area contributed by atoms with Crippen molar-refractivity contribution >= 4 is 0 Å². The molecule has 0 aromatic carbocycles. The van der Waals surface area contributed by atoms with Gasteiger partial charge in [0.1, 0.15) is 5.83 Å². The molecule has 0 aromatic heterocycles. The molecule has 1 aliphatic carbocycles. The van der Waals surface area contributed by atoms with E-state index in [1.165, 1.54) is 5.70 Å². The molecule has 1 aliphatic rings. The van der Waals surface area contributed by atoms with Crippen LogP contribution in [-0.4, -0.2) is 26.1 Å². The highest BCUT2D eigenvalue weighted by Crippen LogP contribution is 2.24.